The molecule has 5 rings (SSSR count). The molecule has 3 aromatic heterocycles. The Hall–Kier alpha value is -3.15. The van der Waals surface area contributed by atoms with Crippen LogP contribution in [0.5, 0.6) is 0 Å². The van der Waals surface area contributed by atoms with Gasteiger partial charge in [0.2, 0.25) is 10.1 Å². The first kappa shape index (κ1) is 21.7. The number of aryl methyl sites for hydroxylation is 1. The Kier molecular flexibility index (Phi) is 5.47. The molecule has 0 spiro atoms. The minimum atomic E-state index is -4.53. The molecule has 1 amide bonds. The first-order chi connectivity index (χ1) is 15.8. The van der Waals surface area contributed by atoms with Crippen molar-refractivity contribution in [1.29, 1.82) is 0 Å². The van der Waals surface area contributed by atoms with Crippen LogP contribution in [0.3, 0.4) is 0 Å². The number of fused-ring (bicyclic) bond motifs is 1. The lowest BCUT2D eigenvalue weighted by Gasteiger charge is -2.35. The number of hydrogen-bond acceptors (Lipinski definition) is 8. The quantitative estimate of drug-likeness (QED) is 0.601. The Bertz CT molecular complexity index is 1170. The highest BCUT2D eigenvalue weighted by molar-refractivity contribution is 7.15. The summed E-state index contributed by atoms with van der Waals surface area (Å²) in [5.74, 6) is 1.16. The van der Waals surface area contributed by atoms with Crippen LogP contribution in [0, 0.1) is 18.8 Å². The molecule has 8 nitrogen and oxygen atoms in total. The van der Waals surface area contributed by atoms with E-state index in [1.54, 1.807) is 29.4 Å². The Morgan fingerprint density at radius 3 is 2.70 bits per heavy atom. The highest BCUT2D eigenvalue weighted by atomic mass is 32.1. The number of anilines is 1. The summed E-state index contributed by atoms with van der Waals surface area (Å²) in [4.78, 5) is 28.5. The number of aromatic nitrogens is 5. The number of piperidine rings is 1. The summed E-state index contributed by atoms with van der Waals surface area (Å²) in [6.45, 7) is 2.68. The van der Waals surface area contributed by atoms with E-state index in [1.807, 2.05) is 13.0 Å². The SMILES string of the molecule is Cc1ccc(-c2ncccn2)c(C(=O)N2CC3CC3CC2CNc2nnc(C(F)(F)F)s2)n1. The number of rotatable bonds is 5. The van der Waals surface area contributed by atoms with Gasteiger partial charge in [-0.25, -0.2) is 15.0 Å². The molecule has 12 heteroatoms. The Morgan fingerprint density at radius 2 is 1.97 bits per heavy atom. The molecule has 0 bridgehead atoms. The van der Waals surface area contributed by atoms with Gasteiger partial charge in [-0.3, -0.25) is 4.79 Å². The zero-order valence-corrected chi connectivity index (χ0v) is 18.4. The number of pyridine rings is 1. The van der Waals surface area contributed by atoms with Crippen LogP contribution in [0.2, 0.25) is 0 Å². The van der Waals surface area contributed by atoms with Crippen molar-refractivity contribution < 1.29 is 18.0 Å². The van der Waals surface area contributed by atoms with Gasteiger partial charge in [0.1, 0.15) is 5.69 Å². The number of nitrogens with one attached hydrogen (secondary N) is 1. The lowest BCUT2D eigenvalue weighted by molar-refractivity contribution is -0.138. The van der Waals surface area contributed by atoms with E-state index >= 15 is 0 Å². The van der Waals surface area contributed by atoms with Crippen LogP contribution in [-0.2, 0) is 6.18 Å². The molecule has 4 heterocycles. The Labute approximate surface area is 191 Å². The van der Waals surface area contributed by atoms with Crippen molar-refractivity contribution >= 4 is 22.4 Å². The molecule has 1 aliphatic heterocycles. The number of amides is 1. The maximum atomic E-state index is 13.7. The second kappa shape index (κ2) is 8.32. The van der Waals surface area contributed by atoms with E-state index in [1.165, 1.54) is 0 Å². The average Bonchev–Trinajstić information content (AvgIpc) is 3.38. The van der Waals surface area contributed by atoms with Crippen molar-refractivity contribution in [2.24, 2.45) is 11.8 Å². The van der Waals surface area contributed by atoms with E-state index in [-0.39, 0.29) is 29.3 Å². The highest BCUT2D eigenvalue weighted by Crippen LogP contribution is 2.47. The van der Waals surface area contributed by atoms with Gasteiger partial charge in [0.05, 0.1) is 5.56 Å². The second-order valence-electron chi connectivity index (χ2n) is 8.32. The Balaban J connectivity index is 1.39. The third-order valence-electron chi connectivity index (χ3n) is 5.98. The van der Waals surface area contributed by atoms with Gasteiger partial charge >= 0.3 is 6.18 Å². The molecule has 172 valence electrons. The van der Waals surface area contributed by atoms with Crippen LogP contribution in [0.25, 0.3) is 11.4 Å². The van der Waals surface area contributed by atoms with Crippen LogP contribution < -0.4 is 5.32 Å². The van der Waals surface area contributed by atoms with Gasteiger partial charge in [-0.15, -0.1) is 10.2 Å². The first-order valence-corrected chi connectivity index (χ1v) is 11.3. The molecule has 1 saturated carbocycles. The van der Waals surface area contributed by atoms with E-state index in [4.69, 9.17) is 0 Å². The zero-order chi connectivity index (χ0) is 23.2. The van der Waals surface area contributed by atoms with E-state index in [0.29, 0.717) is 46.8 Å². The predicted molar refractivity (Wildman–Crippen MR) is 114 cm³/mol. The lowest BCUT2D eigenvalue weighted by Crippen LogP contribution is -2.48. The topological polar surface area (TPSA) is 96.8 Å². The number of likely N-dealkylation sites (tertiary alicyclic amines) is 1. The third kappa shape index (κ3) is 4.52. The maximum Gasteiger partial charge on any atom is 0.445 e. The maximum absolute atomic E-state index is 13.7. The molecule has 2 aliphatic rings. The fourth-order valence-corrected chi connectivity index (χ4v) is 4.85. The van der Waals surface area contributed by atoms with Crippen molar-refractivity contribution in [3.05, 3.63) is 47.0 Å². The number of alkyl halides is 3. The summed E-state index contributed by atoms with van der Waals surface area (Å²) < 4.78 is 38.5. The van der Waals surface area contributed by atoms with Crippen molar-refractivity contribution in [3.8, 4) is 11.4 Å². The first-order valence-electron chi connectivity index (χ1n) is 10.5. The van der Waals surface area contributed by atoms with Crippen LogP contribution in [0.15, 0.2) is 30.6 Å². The summed E-state index contributed by atoms with van der Waals surface area (Å²) in [5.41, 5.74) is 1.53. The second-order valence-corrected chi connectivity index (χ2v) is 9.29. The van der Waals surface area contributed by atoms with Crippen LogP contribution >= 0.6 is 11.3 Å². The average molecular weight is 476 g/mol. The van der Waals surface area contributed by atoms with Crippen molar-refractivity contribution in [2.75, 3.05) is 18.4 Å². The molecule has 1 N–H and O–H groups in total. The van der Waals surface area contributed by atoms with Gasteiger partial charge < -0.3 is 10.2 Å². The zero-order valence-electron chi connectivity index (χ0n) is 17.6. The third-order valence-corrected chi connectivity index (χ3v) is 6.90. The minimum Gasteiger partial charge on any atom is -0.358 e. The van der Waals surface area contributed by atoms with Crippen LogP contribution in [0.4, 0.5) is 18.3 Å². The van der Waals surface area contributed by atoms with E-state index < -0.39 is 11.2 Å². The number of halogens is 3. The van der Waals surface area contributed by atoms with E-state index in [0.717, 1.165) is 12.8 Å². The van der Waals surface area contributed by atoms with Crippen molar-refractivity contribution in [2.45, 2.75) is 32.0 Å². The van der Waals surface area contributed by atoms with Gasteiger partial charge in [-0.2, -0.15) is 13.2 Å². The largest absolute Gasteiger partial charge is 0.445 e. The number of nitrogens with zero attached hydrogens (tertiary/aromatic N) is 6. The standard InChI is InChI=1S/C21H20F3N7OS/c1-11-3-4-15(17-25-5-2-6-26-17)16(28-11)18(32)31-10-13-7-12(13)8-14(31)9-27-20-30-29-19(33-20)21(22,23)24/h2-6,12-14H,7-10H2,1H3,(H,27,30). The molecule has 1 aliphatic carbocycles. The molecular weight excluding hydrogens is 455 g/mol. The van der Waals surface area contributed by atoms with Crippen LogP contribution in [0.1, 0.15) is 34.0 Å². The van der Waals surface area contributed by atoms with Gasteiger partial charge in [0.15, 0.2) is 5.82 Å². The summed E-state index contributed by atoms with van der Waals surface area (Å²) >= 11 is 0.457. The molecule has 2 fully saturated rings. The monoisotopic (exact) mass is 475 g/mol. The van der Waals surface area contributed by atoms with Gasteiger partial charge in [0, 0.05) is 37.2 Å². The van der Waals surface area contributed by atoms with Crippen molar-refractivity contribution in [3.63, 3.8) is 0 Å². The Morgan fingerprint density at radius 1 is 1.18 bits per heavy atom. The molecule has 3 aromatic rings. The predicted octanol–water partition coefficient (Wildman–Crippen LogP) is 3.68. The summed E-state index contributed by atoms with van der Waals surface area (Å²) in [7, 11) is 0. The fraction of sp³-hybridized carbons (Fsp3) is 0.429. The summed E-state index contributed by atoms with van der Waals surface area (Å²) in [6.07, 6.45) is 0.509. The van der Waals surface area contributed by atoms with Gasteiger partial charge in [-0.05, 0) is 49.8 Å². The van der Waals surface area contributed by atoms with Gasteiger partial charge in [0.25, 0.3) is 5.91 Å². The number of carbonyl (C=O) groups excluding carboxylic acids is 1. The fourth-order valence-electron chi connectivity index (χ4n) is 4.23. The highest BCUT2D eigenvalue weighted by Gasteiger charge is 2.47. The molecule has 0 radical (unpaired) electrons. The number of carbonyl (C=O) groups is 1. The van der Waals surface area contributed by atoms with Crippen LogP contribution in [-0.4, -0.2) is 55.1 Å². The lowest BCUT2D eigenvalue weighted by atomic mass is 10.0. The smallest absolute Gasteiger partial charge is 0.358 e. The molecular formula is C21H20F3N7OS. The summed E-state index contributed by atoms with van der Waals surface area (Å²) in [5, 5.41) is 8.83. The van der Waals surface area contributed by atoms with Gasteiger partial charge in [-0.1, -0.05) is 11.3 Å². The molecule has 0 aromatic carbocycles. The number of hydrogen-bond donors (Lipinski definition) is 1. The molecule has 1 saturated heterocycles. The molecule has 3 atom stereocenters. The van der Waals surface area contributed by atoms with E-state index in [2.05, 4.69) is 30.5 Å². The molecule has 33 heavy (non-hydrogen) atoms. The molecule has 3 unspecified atom stereocenters. The van der Waals surface area contributed by atoms with E-state index in [9.17, 15) is 18.0 Å². The normalized spacial score (nSPS) is 22.1. The summed E-state index contributed by atoms with van der Waals surface area (Å²) in [6, 6.07) is 5.10. The van der Waals surface area contributed by atoms with Crippen molar-refractivity contribution in [1.82, 2.24) is 30.0 Å². The minimum absolute atomic E-state index is 0.0831.